The predicted octanol–water partition coefficient (Wildman–Crippen LogP) is 2.07. The van der Waals surface area contributed by atoms with E-state index in [-0.39, 0.29) is 6.42 Å². The summed E-state index contributed by atoms with van der Waals surface area (Å²) in [5.74, 6) is -0.116. The first-order chi connectivity index (χ1) is 9.12. The second kappa shape index (κ2) is 6.30. The van der Waals surface area contributed by atoms with Crippen molar-refractivity contribution < 1.29 is 18.3 Å². The van der Waals surface area contributed by atoms with Gasteiger partial charge in [-0.25, -0.2) is 0 Å². The summed E-state index contributed by atoms with van der Waals surface area (Å²) < 4.78 is 37.8. The minimum Gasteiger partial charge on any atom is -0.392 e. The van der Waals surface area contributed by atoms with Gasteiger partial charge in [-0.15, -0.1) is 0 Å². The molecule has 0 bridgehead atoms. The van der Waals surface area contributed by atoms with Crippen molar-refractivity contribution in [1.82, 2.24) is 5.43 Å². The first-order valence-corrected chi connectivity index (χ1v) is 6.28. The van der Waals surface area contributed by atoms with E-state index in [0.717, 1.165) is 6.08 Å². The van der Waals surface area contributed by atoms with E-state index in [4.69, 9.17) is 5.73 Å². The Labute approximate surface area is 116 Å². The molecule has 3 unspecified atom stereocenters. The Morgan fingerprint density at radius 3 is 2.55 bits per heavy atom. The molecule has 0 aromatic carbocycles. The Hall–Kier alpha value is -1.50. The maximum Gasteiger partial charge on any atom is 0.412 e. The number of rotatable bonds is 4. The van der Waals surface area contributed by atoms with Crippen LogP contribution in [0.15, 0.2) is 28.9 Å². The molecule has 7 heteroatoms. The molecule has 0 fully saturated rings. The molecule has 20 heavy (non-hydrogen) atoms. The second-order valence-electron chi connectivity index (χ2n) is 5.10. The molecule has 114 valence electrons. The van der Waals surface area contributed by atoms with Crippen molar-refractivity contribution >= 4 is 5.84 Å². The van der Waals surface area contributed by atoms with E-state index in [1.165, 1.54) is 0 Å². The van der Waals surface area contributed by atoms with Gasteiger partial charge < -0.3 is 16.3 Å². The quantitative estimate of drug-likeness (QED) is 0.321. The standard InChI is InChI=1S/C13H20F3N3O/c1-7(2)12(19-18-8(3)17)10-5-4-9(6-11(10)20)13(14,15)16/h4,10-12,19-20H,1,5-6H2,2-3H3,(H2,17,18). The molecule has 0 spiro atoms. The number of aliphatic hydroxyl groups excluding tert-OH is 1. The molecule has 4 nitrogen and oxygen atoms in total. The number of halogens is 3. The first-order valence-electron chi connectivity index (χ1n) is 6.28. The average Bonchev–Trinajstić information content (AvgIpc) is 2.28. The molecule has 0 saturated carbocycles. The van der Waals surface area contributed by atoms with Crippen LogP contribution in [0, 0.1) is 5.92 Å². The lowest BCUT2D eigenvalue weighted by Gasteiger charge is -2.34. The molecular weight excluding hydrogens is 271 g/mol. The maximum absolute atomic E-state index is 12.6. The van der Waals surface area contributed by atoms with Gasteiger partial charge in [0.05, 0.1) is 12.1 Å². The van der Waals surface area contributed by atoms with E-state index in [1.807, 2.05) is 0 Å². The smallest absolute Gasteiger partial charge is 0.392 e. The number of aliphatic hydroxyl groups is 1. The van der Waals surface area contributed by atoms with E-state index < -0.39 is 36.2 Å². The van der Waals surface area contributed by atoms with Crippen LogP contribution in [0.25, 0.3) is 0 Å². The summed E-state index contributed by atoms with van der Waals surface area (Å²) in [6, 6.07) is -0.422. The third-order valence-electron chi connectivity index (χ3n) is 3.26. The van der Waals surface area contributed by atoms with Crippen LogP contribution in [0.4, 0.5) is 13.2 Å². The second-order valence-corrected chi connectivity index (χ2v) is 5.10. The summed E-state index contributed by atoms with van der Waals surface area (Å²) in [6.07, 6.45) is -4.65. The van der Waals surface area contributed by atoms with E-state index in [1.54, 1.807) is 13.8 Å². The number of amidine groups is 1. The van der Waals surface area contributed by atoms with Crippen LogP contribution in [-0.4, -0.2) is 29.3 Å². The van der Waals surface area contributed by atoms with Crippen molar-refractivity contribution in [3.8, 4) is 0 Å². The summed E-state index contributed by atoms with van der Waals surface area (Å²) in [5, 5.41) is 13.8. The summed E-state index contributed by atoms with van der Waals surface area (Å²) >= 11 is 0. The van der Waals surface area contributed by atoms with Crippen LogP contribution in [0.3, 0.4) is 0 Å². The van der Waals surface area contributed by atoms with Crippen molar-refractivity contribution in [3.05, 3.63) is 23.8 Å². The lowest BCUT2D eigenvalue weighted by molar-refractivity contribution is -0.101. The summed E-state index contributed by atoms with van der Waals surface area (Å²) in [6.45, 7) is 7.10. The Morgan fingerprint density at radius 2 is 2.15 bits per heavy atom. The monoisotopic (exact) mass is 291 g/mol. The van der Waals surface area contributed by atoms with Gasteiger partial charge in [0.15, 0.2) is 0 Å². The van der Waals surface area contributed by atoms with Crippen molar-refractivity contribution in [1.29, 1.82) is 0 Å². The highest BCUT2D eigenvalue weighted by molar-refractivity contribution is 5.77. The van der Waals surface area contributed by atoms with Gasteiger partial charge in [-0.05, 0) is 20.3 Å². The fourth-order valence-corrected chi connectivity index (χ4v) is 2.23. The molecule has 4 N–H and O–H groups in total. The zero-order chi connectivity index (χ0) is 15.5. The molecule has 0 heterocycles. The van der Waals surface area contributed by atoms with Gasteiger partial charge in [-0.3, -0.25) is 0 Å². The Kier molecular flexibility index (Phi) is 5.21. The minimum atomic E-state index is -4.38. The highest BCUT2D eigenvalue weighted by atomic mass is 19.4. The average molecular weight is 291 g/mol. The summed E-state index contributed by atoms with van der Waals surface area (Å²) in [4.78, 5) is 0. The molecule has 0 radical (unpaired) electrons. The molecule has 0 aromatic rings. The highest BCUT2D eigenvalue weighted by Crippen LogP contribution is 2.37. The number of nitrogens with zero attached hydrogens (tertiary/aromatic N) is 1. The minimum absolute atomic E-state index is 0.111. The fraction of sp³-hybridized carbons (Fsp3) is 0.615. The Bertz CT molecular complexity index is 425. The van der Waals surface area contributed by atoms with Crippen LogP contribution in [0.1, 0.15) is 26.7 Å². The van der Waals surface area contributed by atoms with E-state index in [0.29, 0.717) is 11.4 Å². The molecule has 0 amide bonds. The number of alkyl halides is 3. The van der Waals surface area contributed by atoms with Gasteiger partial charge in [0, 0.05) is 17.9 Å². The van der Waals surface area contributed by atoms with Crippen molar-refractivity contribution in [3.63, 3.8) is 0 Å². The van der Waals surface area contributed by atoms with Gasteiger partial charge in [0.1, 0.15) is 5.84 Å². The first kappa shape index (κ1) is 16.6. The van der Waals surface area contributed by atoms with Gasteiger partial charge in [-0.1, -0.05) is 18.2 Å². The van der Waals surface area contributed by atoms with Gasteiger partial charge >= 0.3 is 6.18 Å². The normalized spacial score (nSPS) is 25.9. The third-order valence-corrected chi connectivity index (χ3v) is 3.26. The maximum atomic E-state index is 12.6. The van der Waals surface area contributed by atoms with Gasteiger partial charge in [0.2, 0.25) is 0 Å². The largest absolute Gasteiger partial charge is 0.412 e. The van der Waals surface area contributed by atoms with E-state index in [9.17, 15) is 18.3 Å². The number of allylic oxidation sites excluding steroid dienone is 1. The van der Waals surface area contributed by atoms with Crippen LogP contribution in [-0.2, 0) is 0 Å². The number of hydrazone groups is 1. The van der Waals surface area contributed by atoms with Gasteiger partial charge in [-0.2, -0.15) is 18.3 Å². The van der Waals surface area contributed by atoms with Crippen LogP contribution in [0.5, 0.6) is 0 Å². The van der Waals surface area contributed by atoms with E-state index >= 15 is 0 Å². The van der Waals surface area contributed by atoms with Crippen LogP contribution in [0.2, 0.25) is 0 Å². The SMILES string of the molecule is C=C(C)C(N/N=C(\C)N)C1CC=C(C(F)(F)F)CC1O. The van der Waals surface area contributed by atoms with Gasteiger partial charge in [0.25, 0.3) is 0 Å². The zero-order valence-corrected chi connectivity index (χ0v) is 11.5. The van der Waals surface area contributed by atoms with Crippen LogP contribution >= 0.6 is 0 Å². The number of nitrogens with two attached hydrogens (primary N) is 1. The lowest BCUT2D eigenvalue weighted by atomic mass is 9.80. The van der Waals surface area contributed by atoms with Crippen molar-refractivity contribution in [2.75, 3.05) is 0 Å². The van der Waals surface area contributed by atoms with Crippen molar-refractivity contribution in [2.45, 2.75) is 45.0 Å². The lowest BCUT2D eigenvalue weighted by Crippen LogP contribution is -2.43. The topological polar surface area (TPSA) is 70.6 Å². The number of hydrogen-bond donors (Lipinski definition) is 3. The summed E-state index contributed by atoms with van der Waals surface area (Å²) in [5.41, 5.74) is 8.19. The third kappa shape index (κ3) is 4.26. The predicted molar refractivity (Wildman–Crippen MR) is 71.9 cm³/mol. The molecule has 1 aliphatic carbocycles. The number of nitrogens with one attached hydrogen (secondary N) is 1. The summed E-state index contributed by atoms with van der Waals surface area (Å²) in [7, 11) is 0. The highest BCUT2D eigenvalue weighted by Gasteiger charge is 2.40. The molecule has 0 aromatic heterocycles. The molecule has 0 aliphatic heterocycles. The molecule has 1 aliphatic rings. The molecule has 1 rings (SSSR count). The Morgan fingerprint density at radius 1 is 1.55 bits per heavy atom. The molecule has 3 atom stereocenters. The number of hydrogen-bond acceptors (Lipinski definition) is 3. The molecule has 0 saturated heterocycles. The fourth-order valence-electron chi connectivity index (χ4n) is 2.23. The Balaban J connectivity index is 2.87. The van der Waals surface area contributed by atoms with E-state index in [2.05, 4.69) is 17.1 Å². The zero-order valence-electron chi connectivity index (χ0n) is 11.5. The van der Waals surface area contributed by atoms with Crippen LogP contribution < -0.4 is 11.2 Å². The van der Waals surface area contributed by atoms with Crippen molar-refractivity contribution in [2.24, 2.45) is 16.8 Å². The molecular formula is C13H20F3N3O.